The van der Waals surface area contributed by atoms with E-state index in [0.717, 1.165) is 5.56 Å². The Hall–Kier alpha value is -2.07. The van der Waals surface area contributed by atoms with Gasteiger partial charge < -0.3 is 9.47 Å². The van der Waals surface area contributed by atoms with Gasteiger partial charge in [-0.05, 0) is 29.8 Å². The number of rotatable bonds is 5. The number of carbonyl (C=O) groups excluding carboxylic acids is 1. The van der Waals surface area contributed by atoms with E-state index in [1.54, 1.807) is 18.2 Å². The van der Waals surface area contributed by atoms with Gasteiger partial charge in [0.2, 0.25) is 0 Å². The number of benzene rings is 2. The van der Waals surface area contributed by atoms with Gasteiger partial charge in [-0.1, -0.05) is 23.7 Å². The molecule has 0 bridgehead atoms. The number of halogens is 2. The molecule has 0 aromatic heterocycles. The number of hydrogen-bond donors (Lipinski definition) is 0. The molecule has 0 aliphatic rings. The molecule has 2 aromatic carbocycles. The Morgan fingerprint density at radius 3 is 2.52 bits per heavy atom. The van der Waals surface area contributed by atoms with Crippen molar-refractivity contribution < 1.29 is 18.7 Å². The van der Waals surface area contributed by atoms with Crippen LogP contribution in [0.1, 0.15) is 15.9 Å². The lowest BCUT2D eigenvalue weighted by molar-refractivity contribution is 0.0992. The molecule has 21 heavy (non-hydrogen) atoms. The quantitative estimate of drug-likeness (QED) is 0.785. The first-order valence-corrected chi connectivity index (χ1v) is 6.62. The van der Waals surface area contributed by atoms with Crippen LogP contribution in [0.25, 0.3) is 0 Å². The lowest BCUT2D eigenvalue weighted by Crippen LogP contribution is -2.05. The van der Waals surface area contributed by atoms with Gasteiger partial charge in [-0.25, -0.2) is 4.39 Å². The number of methoxy groups -OCH3 is 2. The second-order valence-electron chi connectivity index (χ2n) is 4.39. The zero-order valence-electron chi connectivity index (χ0n) is 11.7. The zero-order chi connectivity index (χ0) is 15.4. The van der Waals surface area contributed by atoms with Crippen LogP contribution in [0.3, 0.4) is 0 Å². The van der Waals surface area contributed by atoms with Crippen LogP contribution in [0.15, 0.2) is 36.4 Å². The van der Waals surface area contributed by atoms with Crippen molar-refractivity contribution in [2.24, 2.45) is 0 Å². The van der Waals surface area contributed by atoms with Crippen molar-refractivity contribution in [2.75, 3.05) is 14.2 Å². The third-order valence-corrected chi connectivity index (χ3v) is 3.45. The Labute approximate surface area is 127 Å². The van der Waals surface area contributed by atoms with E-state index in [-0.39, 0.29) is 22.8 Å². The van der Waals surface area contributed by atoms with Crippen LogP contribution in [0, 0.1) is 5.82 Å². The van der Waals surface area contributed by atoms with E-state index < -0.39 is 5.82 Å². The van der Waals surface area contributed by atoms with E-state index in [2.05, 4.69) is 0 Å². The molecule has 0 fully saturated rings. The molecule has 0 aliphatic carbocycles. The monoisotopic (exact) mass is 308 g/mol. The van der Waals surface area contributed by atoms with Gasteiger partial charge in [-0.2, -0.15) is 0 Å². The molecule has 0 unspecified atom stereocenters. The van der Waals surface area contributed by atoms with Crippen molar-refractivity contribution in [2.45, 2.75) is 6.42 Å². The summed E-state index contributed by atoms with van der Waals surface area (Å²) in [6.07, 6.45) is 0.101. The van der Waals surface area contributed by atoms with E-state index >= 15 is 0 Å². The average Bonchev–Trinajstić information content (AvgIpc) is 2.49. The van der Waals surface area contributed by atoms with Crippen LogP contribution in [0.4, 0.5) is 4.39 Å². The smallest absolute Gasteiger partial charge is 0.168 e. The van der Waals surface area contributed by atoms with Crippen LogP contribution < -0.4 is 9.47 Å². The van der Waals surface area contributed by atoms with Gasteiger partial charge in [-0.3, -0.25) is 4.79 Å². The highest BCUT2D eigenvalue weighted by Crippen LogP contribution is 2.28. The lowest BCUT2D eigenvalue weighted by atomic mass is 10.0. The second-order valence-corrected chi connectivity index (χ2v) is 4.77. The molecule has 0 heterocycles. The van der Waals surface area contributed by atoms with Crippen molar-refractivity contribution >= 4 is 17.4 Å². The van der Waals surface area contributed by atoms with Crippen LogP contribution in [0.2, 0.25) is 5.02 Å². The summed E-state index contributed by atoms with van der Waals surface area (Å²) in [5, 5.41) is -0.150. The summed E-state index contributed by atoms with van der Waals surface area (Å²) in [7, 11) is 3.06. The van der Waals surface area contributed by atoms with Gasteiger partial charge in [0.05, 0.1) is 19.2 Å². The molecule has 110 valence electrons. The van der Waals surface area contributed by atoms with Crippen LogP contribution in [0.5, 0.6) is 11.5 Å². The largest absolute Gasteiger partial charge is 0.493 e. The number of Topliss-reactive ketones (excluding diaryl/α,β-unsaturated/α-hetero) is 1. The van der Waals surface area contributed by atoms with E-state index in [1.807, 2.05) is 0 Å². The van der Waals surface area contributed by atoms with Gasteiger partial charge in [-0.15, -0.1) is 0 Å². The summed E-state index contributed by atoms with van der Waals surface area (Å²) < 4.78 is 23.7. The Balaban J connectivity index is 2.25. The molecule has 3 nitrogen and oxygen atoms in total. The fraction of sp³-hybridized carbons (Fsp3) is 0.188. The molecule has 2 aromatic rings. The molecule has 0 N–H and O–H groups in total. The highest BCUT2D eigenvalue weighted by atomic mass is 35.5. The van der Waals surface area contributed by atoms with E-state index in [0.29, 0.717) is 11.5 Å². The van der Waals surface area contributed by atoms with Crippen molar-refractivity contribution in [3.63, 3.8) is 0 Å². The summed E-state index contributed by atoms with van der Waals surface area (Å²) >= 11 is 5.82. The maximum atomic E-state index is 13.4. The highest BCUT2D eigenvalue weighted by Gasteiger charge is 2.15. The maximum absolute atomic E-state index is 13.4. The standard InChI is InChI=1S/C16H14ClFO3/c1-20-14-7-6-10(9-15(14)21-2)8-13(19)11-4-3-5-12(18)16(11)17/h3-7,9H,8H2,1-2H3. The fourth-order valence-corrected chi connectivity index (χ4v) is 2.22. The van der Waals surface area contributed by atoms with Gasteiger partial charge in [0, 0.05) is 12.0 Å². The molecule has 0 spiro atoms. The van der Waals surface area contributed by atoms with E-state index in [9.17, 15) is 9.18 Å². The van der Waals surface area contributed by atoms with Crippen molar-refractivity contribution in [1.82, 2.24) is 0 Å². The molecule has 0 saturated carbocycles. The van der Waals surface area contributed by atoms with Crippen LogP contribution in [-0.2, 0) is 6.42 Å². The summed E-state index contributed by atoms with van der Waals surface area (Å²) in [6, 6.07) is 9.37. The summed E-state index contributed by atoms with van der Waals surface area (Å²) in [5.74, 6) is 0.257. The van der Waals surface area contributed by atoms with Gasteiger partial charge in [0.15, 0.2) is 17.3 Å². The molecule has 0 amide bonds. The van der Waals surface area contributed by atoms with E-state index in [4.69, 9.17) is 21.1 Å². The minimum absolute atomic E-state index is 0.101. The number of ketones is 1. The molecule has 0 radical (unpaired) electrons. The summed E-state index contributed by atoms with van der Waals surface area (Å²) in [5.41, 5.74) is 0.907. The lowest BCUT2D eigenvalue weighted by Gasteiger charge is -2.09. The molecular weight excluding hydrogens is 295 g/mol. The molecule has 5 heteroatoms. The van der Waals surface area contributed by atoms with Crippen molar-refractivity contribution in [1.29, 1.82) is 0 Å². The number of hydrogen-bond acceptors (Lipinski definition) is 3. The van der Waals surface area contributed by atoms with Gasteiger partial charge in [0.25, 0.3) is 0 Å². The molecule has 2 rings (SSSR count). The first-order chi connectivity index (χ1) is 10.1. The van der Waals surface area contributed by atoms with Crippen molar-refractivity contribution in [3.05, 3.63) is 58.4 Å². The number of carbonyl (C=O) groups is 1. The Morgan fingerprint density at radius 1 is 1.14 bits per heavy atom. The first-order valence-electron chi connectivity index (χ1n) is 6.25. The zero-order valence-corrected chi connectivity index (χ0v) is 12.4. The molecule has 0 aliphatic heterocycles. The van der Waals surface area contributed by atoms with Crippen LogP contribution >= 0.6 is 11.6 Å². The first kappa shape index (κ1) is 15.3. The molecule has 0 atom stereocenters. The normalized spacial score (nSPS) is 10.3. The van der Waals surface area contributed by atoms with Gasteiger partial charge >= 0.3 is 0 Å². The highest BCUT2D eigenvalue weighted by molar-refractivity contribution is 6.34. The average molecular weight is 309 g/mol. The predicted octanol–water partition coefficient (Wildman–Crippen LogP) is 3.92. The summed E-state index contributed by atoms with van der Waals surface area (Å²) in [4.78, 5) is 12.2. The van der Waals surface area contributed by atoms with Crippen LogP contribution in [-0.4, -0.2) is 20.0 Å². The minimum atomic E-state index is -0.602. The molecular formula is C16H14ClFO3. The SMILES string of the molecule is COc1ccc(CC(=O)c2cccc(F)c2Cl)cc1OC. The fourth-order valence-electron chi connectivity index (χ4n) is 1.99. The van der Waals surface area contributed by atoms with Gasteiger partial charge in [0.1, 0.15) is 5.82 Å². The third kappa shape index (κ3) is 3.34. The predicted molar refractivity (Wildman–Crippen MR) is 79.0 cm³/mol. The Bertz CT molecular complexity index is 671. The van der Waals surface area contributed by atoms with E-state index in [1.165, 1.54) is 32.4 Å². The maximum Gasteiger partial charge on any atom is 0.168 e. The third-order valence-electron chi connectivity index (χ3n) is 3.06. The second kappa shape index (κ2) is 6.59. The topological polar surface area (TPSA) is 35.5 Å². The Morgan fingerprint density at radius 2 is 1.86 bits per heavy atom. The van der Waals surface area contributed by atoms with Crippen molar-refractivity contribution in [3.8, 4) is 11.5 Å². The number of ether oxygens (including phenoxy) is 2. The minimum Gasteiger partial charge on any atom is -0.493 e. The summed E-state index contributed by atoms with van der Waals surface area (Å²) in [6.45, 7) is 0. The Kier molecular flexibility index (Phi) is 4.81. The molecule has 0 saturated heterocycles.